The lowest BCUT2D eigenvalue weighted by atomic mass is 9.59. The summed E-state index contributed by atoms with van der Waals surface area (Å²) in [5.41, 5.74) is 3.13. The number of rotatable bonds is 11. The van der Waals surface area contributed by atoms with Crippen molar-refractivity contribution in [2.45, 2.75) is 76.4 Å². The smallest absolute Gasteiger partial charge is 0.407 e. The van der Waals surface area contributed by atoms with Crippen molar-refractivity contribution in [2.24, 2.45) is 5.92 Å². The Hall–Kier alpha value is -2.90. The highest BCUT2D eigenvalue weighted by Crippen LogP contribution is 2.47. The first-order valence-corrected chi connectivity index (χ1v) is 13.9. The van der Waals surface area contributed by atoms with E-state index in [0.717, 1.165) is 43.2 Å². The Morgan fingerprint density at radius 3 is 2.68 bits per heavy atom. The topological polar surface area (TPSA) is 83.1 Å². The molecule has 0 spiro atoms. The van der Waals surface area contributed by atoms with Crippen LogP contribution in [0.4, 0.5) is 4.79 Å². The van der Waals surface area contributed by atoms with Crippen LogP contribution in [-0.4, -0.2) is 45.0 Å². The van der Waals surface area contributed by atoms with E-state index in [9.17, 15) is 9.59 Å². The minimum absolute atomic E-state index is 0.0474. The first-order valence-electron chi connectivity index (χ1n) is 13.9. The molecule has 1 fully saturated rings. The van der Waals surface area contributed by atoms with Crippen molar-refractivity contribution in [1.29, 1.82) is 0 Å². The molecule has 2 aromatic rings. The lowest BCUT2D eigenvalue weighted by Crippen LogP contribution is -2.57. The number of carbonyl (C=O) groups excluding carboxylic acids is 2. The Balaban J connectivity index is 1.44. The number of nitrogens with one attached hydrogen (secondary N) is 1. The number of hydrogen-bond acceptors (Lipinski definition) is 6. The molecule has 0 unspecified atom stereocenters. The van der Waals surface area contributed by atoms with Crippen LogP contribution in [0, 0.1) is 5.92 Å². The van der Waals surface area contributed by atoms with Crippen LogP contribution in [0.25, 0.3) is 0 Å². The van der Waals surface area contributed by atoms with Crippen molar-refractivity contribution in [3.63, 3.8) is 0 Å². The second-order valence-corrected chi connectivity index (χ2v) is 10.7. The predicted molar refractivity (Wildman–Crippen MR) is 145 cm³/mol. The highest BCUT2D eigenvalue weighted by molar-refractivity contribution is 5.72. The zero-order valence-corrected chi connectivity index (χ0v) is 22.7. The van der Waals surface area contributed by atoms with Gasteiger partial charge in [-0.15, -0.1) is 0 Å². The van der Waals surface area contributed by atoms with E-state index in [0.29, 0.717) is 44.3 Å². The maximum atomic E-state index is 12.9. The summed E-state index contributed by atoms with van der Waals surface area (Å²) >= 11 is 0. The van der Waals surface area contributed by atoms with Gasteiger partial charge in [-0.3, -0.25) is 4.79 Å². The molecule has 38 heavy (non-hydrogen) atoms. The second-order valence-electron chi connectivity index (χ2n) is 10.7. The molecule has 0 radical (unpaired) electrons. The maximum absolute atomic E-state index is 12.9. The molecule has 7 heteroatoms. The van der Waals surface area contributed by atoms with E-state index in [4.69, 9.17) is 18.9 Å². The largest absolute Gasteiger partial charge is 0.445 e. The van der Waals surface area contributed by atoms with Gasteiger partial charge in [0.2, 0.25) is 0 Å². The summed E-state index contributed by atoms with van der Waals surface area (Å²) in [7, 11) is 1.63. The summed E-state index contributed by atoms with van der Waals surface area (Å²) < 4.78 is 21.7. The molecule has 2 bridgehead atoms. The molecule has 1 saturated carbocycles. The second kappa shape index (κ2) is 13.8. The molecule has 7 nitrogen and oxygen atoms in total. The Bertz CT molecular complexity index is 1060. The fourth-order valence-corrected chi connectivity index (χ4v) is 5.97. The van der Waals surface area contributed by atoms with E-state index in [-0.39, 0.29) is 30.1 Å². The molecular formula is C31H41NO6. The van der Waals surface area contributed by atoms with Gasteiger partial charge < -0.3 is 24.3 Å². The van der Waals surface area contributed by atoms with Gasteiger partial charge in [-0.2, -0.15) is 0 Å². The third-order valence-corrected chi connectivity index (χ3v) is 7.93. The molecule has 1 amide bonds. The third kappa shape index (κ3) is 7.35. The minimum atomic E-state index is -0.380. The predicted octanol–water partition coefficient (Wildman–Crippen LogP) is 5.72. The van der Waals surface area contributed by atoms with Crippen molar-refractivity contribution in [1.82, 2.24) is 5.32 Å². The molecule has 3 atom stereocenters. The Labute approximate surface area is 226 Å². The van der Waals surface area contributed by atoms with Gasteiger partial charge in [0.15, 0.2) is 0 Å². The van der Waals surface area contributed by atoms with Crippen molar-refractivity contribution < 1.29 is 28.5 Å². The number of carbonyl (C=O) groups is 2. The molecule has 2 aliphatic carbocycles. The molecule has 2 aromatic carbocycles. The zero-order chi connectivity index (χ0) is 26.8. The number of amides is 1. The first kappa shape index (κ1) is 28.1. The zero-order valence-electron chi connectivity index (χ0n) is 22.7. The number of methoxy groups -OCH3 is 1. The highest BCUT2D eigenvalue weighted by Gasteiger charge is 2.46. The van der Waals surface area contributed by atoms with Crippen molar-refractivity contribution >= 4 is 12.1 Å². The van der Waals surface area contributed by atoms with E-state index in [1.807, 2.05) is 42.5 Å². The monoisotopic (exact) mass is 523 g/mol. The minimum Gasteiger partial charge on any atom is -0.445 e. The standard InChI is InChI=1S/C31H41NO6/c1-31-16-8-4-7-12-25(29(31)32-30(34)37-22-23-10-5-3-6-11-23)20-24-14-15-26(21-27(24)31)38-28(33)13-9-17-36-19-18-35-2/h3,5-6,10-11,14-15,21,25,29H,4,7-9,12-13,16-20,22H2,1-2H3,(H,32,34)/t25-,29-,31+/m0/s1. The quantitative estimate of drug-likeness (QED) is 0.230. The van der Waals surface area contributed by atoms with E-state index in [2.05, 4.69) is 18.3 Å². The Kier molecular flexibility index (Phi) is 10.2. The van der Waals surface area contributed by atoms with Gasteiger partial charge >= 0.3 is 12.1 Å². The number of benzene rings is 2. The molecule has 2 aliphatic rings. The fourth-order valence-electron chi connectivity index (χ4n) is 5.97. The number of esters is 1. The van der Waals surface area contributed by atoms with Crippen LogP contribution in [0.3, 0.4) is 0 Å². The molecular weight excluding hydrogens is 482 g/mol. The van der Waals surface area contributed by atoms with Crippen molar-refractivity contribution in [2.75, 3.05) is 26.9 Å². The van der Waals surface area contributed by atoms with Crippen LogP contribution in [0.2, 0.25) is 0 Å². The highest BCUT2D eigenvalue weighted by atomic mass is 16.5. The summed E-state index contributed by atoms with van der Waals surface area (Å²) in [5, 5.41) is 3.26. The van der Waals surface area contributed by atoms with E-state index < -0.39 is 0 Å². The van der Waals surface area contributed by atoms with Gasteiger partial charge in [-0.05, 0) is 60.4 Å². The van der Waals surface area contributed by atoms with Crippen LogP contribution < -0.4 is 10.1 Å². The van der Waals surface area contributed by atoms with E-state index >= 15 is 0 Å². The third-order valence-electron chi connectivity index (χ3n) is 7.93. The lowest BCUT2D eigenvalue weighted by Gasteiger charge is -2.49. The van der Waals surface area contributed by atoms with Crippen molar-refractivity contribution in [3.8, 4) is 5.75 Å². The maximum Gasteiger partial charge on any atom is 0.407 e. The van der Waals surface area contributed by atoms with Gasteiger partial charge in [-0.25, -0.2) is 4.79 Å². The molecule has 0 aliphatic heterocycles. The summed E-state index contributed by atoms with van der Waals surface area (Å²) in [5.74, 6) is 0.626. The summed E-state index contributed by atoms with van der Waals surface area (Å²) in [6.07, 6.45) is 6.87. The first-order chi connectivity index (χ1) is 18.5. The fraction of sp³-hybridized carbons (Fsp3) is 0.548. The van der Waals surface area contributed by atoms with Crippen LogP contribution in [0.15, 0.2) is 48.5 Å². The van der Waals surface area contributed by atoms with Crippen LogP contribution in [0.5, 0.6) is 5.75 Å². The molecule has 0 aromatic heterocycles. The Morgan fingerprint density at radius 2 is 1.87 bits per heavy atom. The van der Waals surface area contributed by atoms with Crippen LogP contribution in [0.1, 0.15) is 68.6 Å². The Morgan fingerprint density at radius 1 is 1.03 bits per heavy atom. The normalized spacial score (nSPS) is 22.5. The van der Waals surface area contributed by atoms with Gasteiger partial charge in [0.25, 0.3) is 0 Å². The molecule has 206 valence electrons. The molecule has 4 rings (SSSR count). The molecule has 0 heterocycles. The van der Waals surface area contributed by atoms with Crippen LogP contribution in [-0.2, 0) is 37.4 Å². The average molecular weight is 524 g/mol. The van der Waals surface area contributed by atoms with E-state index in [1.54, 1.807) is 7.11 Å². The lowest BCUT2D eigenvalue weighted by molar-refractivity contribution is -0.134. The van der Waals surface area contributed by atoms with Crippen molar-refractivity contribution in [3.05, 3.63) is 65.2 Å². The SMILES string of the molecule is COCCOCCCC(=O)Oc1ccc2c(c1)[C@@]1(C)CCCCC[C@@H](C2)[C@@H]1NC(=O)OCc1ccccc1. The number of hydrogen-bond donors (Lipinski definition) is 1. The summed E-state index contributed by atoms with van der Waals surface area (Å²) in [4.78, 5) is 25.4. The van der Waals surface area contributed by atoms with Gasteiger partial charge in [0.05, 0.1) is 13.2 Å². The average Bonchev–Trinajstić information content (AvgIpc) is 2.92. The summed E-state index contributed by atoms with van der Waals surface area (Å²) in [6, 6.07) is 15.7. The number of fused-ring (bicyclic) bond motifs is 4. The number of alkyl carbamates (subject to hydrolysis) is 1. The molecule has 0 saturated heterocycles. The number of ether oxygens (including phenoxy) is 4. The van der Waals surface area contributed by atoms with Gasteiger partial charge in [0.1, 0.15) is 12.4 Å². The van der Waals surface area contributed by atoms with E-state index in [1.165, 1.54) is 12.0 Å². The van der Waals surface area contributed by atoms with Gasteiger partial charge in [0, 0.05) is 31.6 Å². The van der Waals surface area contributed by atoms with Crippen LogP contribution >= 0.6 is 0 Å². The molecule has 1 N–H and O–H groups in total. The van der Waals surface area contributed by atoms with Gasteiger partial charge in [-0.1, -0.05) is 62.6 Å². The summed E-state index contributed by atoms with van der Waals surface area (Å²) in [6.45, 7) is 4.05.